The number of rotatable bonds is 2. The van der Waals surface area contributed by atoms with E-state index < -0.39 is 0 Å². The van der Waals surface area contributed by atoms with Crippen LogP contribution >= 0.6 is 0 Å². The Morgan fingerprint density at radius 1 is 1.14 bits per heavy atom. The molecule has 3 aromatic heterocycles. The zero-order valence-electron chi connectivity index (χ0n) is 15.6. The van der Waals surface area contributed by atoms with Crippen LogP contribution in [0.25, 0.3) is 16.7 Å². The Hall–Kier alpha value is -3.35. The van der Waals surface area contributed by atoms with Crippen molar-refractivity contribution in [2.75, 3.05) is 13.1 Å². The van der Waals surface area contributed by atoms with Crippen LogP contribution in [-0.2, 0) is 0 Å². The molecule has 0 saturated carbocycles. The van der Waals surface area contributed by atoms with Gasteiger partial charge in [0.1, 0.15) is 12.0 Å². The van der Waals surface area contributed by atoms with Gasteiger partial charge in [0.25, 0.3) is 11.7 Å². The molecule has 1 atom stereocenters. The smallest absolute Gasteiger partial charge is 0.272 e. The summed E-state index contributed by atoms with van der Waals surface area (Å²) in [6, 6.07) is 13.7. The van der Waals surface area contributed by atoms with Crippen molar-refractivity contribution >= 4 is 22.6 Å². The van der Waals surface area contributed by atoms with E-state index in [1.54, 1.807) is 4.52 Å². The van der Waals surface area contributed by atoms with E-state index in [9.17, 15) is 4.79 Å². The van der Waals surface area contributed by atoms with Gasteiger partial charge in [0.15, 0.2) is 0 Å². The van der Waals surface area contributed by atoms with E-state index in [1.165, 1.54) is 6.33 Å². The number of aryl methyl sites for hydroxylation is 1. The van der Waals surface area contributed by atoms with Crippen LogP contribution in [0.1, 0.15) is 40.6 Å². The van der Waals surface area contributed by atoms with Gasteiger partial charge in [-0.1, -0.05) is 24.3 Å². The normalized spacial score (nSPS) is 17.3. The standard InChI is InChI=1S/C21H20N6O/c1-14-11-19(27-21(24-14)22-13-23-27)16-6-4-10-26(12-16)20(28)18-9-8-15-5-2-3-7-17(15)25-18/h2-3,5,7-9,11,13,16H,4,6,10,12H2,1H3. The zero-order valence-corrected chi connectivity index (χ0v) is 15.6. The number of fused-ring (bicyclic) bond motifs is 2. The number of nitrogens with zero attached hydrogens (tertiary/aromatic N) is 6. The fourth-order valence-corrected chi connectivity index (χ4v) is 4.00. The van der Waals surface area contributed by atoms with Crippen molar-refractivity contribution in [1.29, 1.82) is 0 Å². The summed E-state index contributed by atoms with van der Waals surface area (Å²) in [7, 11) is 0. The molecule has 7 heteroatoms. The molecule has 140 valence electrons. The van der Waals surface area contributed by atoms with E-state index in [-0.39, 0.29) is 11.8 Å². The molecular weight excluding hydrogens is 352 g/mol. The molecule has 4 aromatic rings. The van der Waals surface area contributed by atoms with Crippen molar-refractivity contribution < 1.29 is 4.79 Å². The first-order valence-corrected chi connectivity index (χ1v) is 9.51. The third-order valence-electron chi connectivity index (χ3n) is 5.35. The average Bonchev–Trinajstić information content (AvgIpc) is 3.20. The third-order valence-corrected chi connectivity index (χ3v) is 5.35. The second kappa shape index (κ2) is 6.67. The van der Waals surface area contributed by atoms with Gasteiger partial charge < -0.3 is 4.90 Å². The van der Waals surface area contributed by atoms with Crippen LogP contribution in [0, 0.1) is 6.92 Å². The largest absolute Gasteiger partial charge is 0.337 e. The summed E-state index contributed by atoms with van der Waals surface area (Å²) in [6.07, 6.45) is 3.48. The summed E-state index contributed by atoms with van der Waals surface area (Å²) >= 11 is 0. The van der Waals surface area contributed by atoms with Crippen LogP contribution in [-0.4, -0.2) is 48.5 Å². The monoisotopic (exact) mass is 372 g/mol. The molecule has 1 aromatic carbocycles. The first-order chi connectivity index (χ1) is 13.7. The van der Waals surface area contributed by atoms with E-state index in [1.807, 2.05) is 48.2 Å². The number of piperidine rings is 1. The summed E-state index contributed by atoms with van der Waals surface area (Å²) in [4.78, 5) is 28.2. The molecule has 1 unspecified atom stereocenters. The molecule has 1 aliphatic heterocycles. The molecule has 7 nitrogen and oxygen atoms in total. The molecule has 0 N–H and O–H groups in total. The fraction of sp³-hybridized carbons (Fsp3) is 0.286. The number of hydrogen-bond acceptors (Lipinski definition) is 5. The van der Waals surface area contributed by atoms with Crippen molar-refractivity contribution in [3.63, 3.8) is 0 Å². The molecule has 0 radical (unpaired) electrons. The van der Waals surface area contributed by atoms with Crippen molar-refractivity contribution in [3.05, 3.63) is 65.9 Å². The number of pyridine rings is 1. The fourth-order valence-electron chi connectivity index (χ4n) is 4.00. The molecule has 0 bridgehead atoms. The zero-order chi connectivity index (χ0) is 19.1. The molecule has 1 amide bonds. The predicted molar refractivity (Wildman–Crippen MR) is 105 cm³/mol. The lowest BCUT2D eigenvalue weighted by atomic mass is 9.94. The van der Waals surface area contributed by atoms with E-state index in [4.69, 9.17) is 0 Å². The molecule has 5 rings (SSSR count). The maximum Gasteiger partial charge on any atom is 0.272 e. The first-order valence-electron chi connectivity index (χ1n) is 9.51. The number of likely N-dealkylation sites (tertiary alicyclic amines) is 1. The highest BCUT2D eigenvalue weighted by Crippen LogP contribution is 2.28. The molecule has 1 saturated heterocycles. The lowest BCUT2D eigenvalue weighted by Crippen LogP contribution is -2.40. The first kappa shape index (κ1) is 16.8. The Morgan fingerprint density at radius 3 is 2.96 bits per heavy atom. The van der Waals surface area contributed by atoms with Crippen LogP contribution in [0.4, 0.5) is 0 Å². The molecule has 0 spiro atoms. The molecule has 4 heterocycles. The summed E-state index contributed by atoms with van der Waals surface area (Å²) in [5, 5.41) is 5.36. The van der Waals surface area contributed by atoms with Gasteiger partial charge >= 0.3 is 0 Å². The Bertz CT molecular complexity index is 1180. The molecular formula is C21H20N6O. The minimum atomic E-state index is -0.0175. The quantitative estimate of drug-likeness (QED) is 0.541. The maximum atomic E-state index is 13.1. The summed E-state index contributed by atoms with van der Waals surface area (Å²) < 4.78 is 1.79. The molecule has 1 fully saturated rings. The Morgan fingerprint density at radius 2 is 2.04 bits per heavy atom. The van der Waals surface area contributed by atoms with Crippen LogP contribution in [0.3, 0.4) is 0 Å². The van der Waals surface area contributed by atoms with Crippen molar-refractivity contribution in [2.45, 2.75) is 25.7 Å². The average molecular weight is 372 g/mol. The van der Waals surface area contributed by atoms with Gasteiger partial charge in [0.2, 0.25) is 0 Å². The van der Waals surface area contributed by atoms with Gasteiger partial charge in [0, 0.05) is 30.1 Å². The highest BCUT2D eigenvalue weighted by molar-refractivity contribution is 5.95. The second-order valence-corrected chi connectivity index (χ2v) is 7.27. The molecule has 1 aliphatic rings. The molecule has 28 heavy (non-hydrogen) atoms. The number of amides is 1. The third kappa shape index (κ3) is 2.89. The van der Waals surface area contributed by atoms with Gasteiger partial charge in [-0.3, -0.25) is 4.79 Å². The van der Waals surface area contributed by atoms with Gasteiger partial charge in [-0.2, -0.15) is 10.1 Å². The second-order valence-electron chi connectivity index (χ2n) is 7.27. The molecule has 0 aliphatic carbocycles. The number of carbonyl (C=O) groups excluding carboxylic acids is 1. The van der Waals surface area contributed by atoms with Crippen molar-refractivity contribution in [1.82, 2.24) is 29.5 Å². The van der Waals surface area contributed by atoms with E-state index in [2.05, 4.69) is 26.1 Å². The Balaban J connectivity index is 1.44. The topological polar surface area (TPSA) is 76.3 Å². The van der Waals surface area contributed by atoms with Crippen LogP contribution in [0.5, 0.6) is 0 Å². The lowest BCUT2D eigenvalue weighted by molar-refractivity contribution is 0.0699. The highest BCUT2D eigenvalue weighted by Gasteiger charge is 2.28. The van der Waals surface area contributed by atoms with E-state index in [0.717, 1.165) is 41.7 Å². The SMILES string of the molecule is Cc1cc(C2CCCN(C(=O)c3ccc4ccccc4n3)C2)n2ncnc2n1. The maximum absolute atomic E-state index is 13.1. The highest BCUT2D eigenvalue weighted by atomic mass is 16.2. The number of para-hydroxylation sites is 1. The summed E-state index contributed by atoms with van der Waals surface area (Å²) in [5.41, 5.74) is 3.31. The minimum Gasteiger partial charge on any atom is -0.337 e. The minimum absolute atomic E-state index is 0.0175. The van der Waals surface area contributed by atoms with E-state index in [0.29, 0.717) is 18.0 Å². The van der Waals surface area contributed by atoms with Gasteiger partial charge in [-0.05, 0) is 38.0 Å². The number of aromatic nitrogens is 5. The summed E-state index contributed by atoms with van der Waals surface area (Å²) in [5.74, 6) is 0.787. The van der Waals surface area contributed by atoms with E-state index >= 15 is 0 Å². The number of carbonyl (C=O) groups is 1. The van der Waals surface area contributed by atoms with Gasteiger partial charge in [0.05, 0.1) is 11.2 Å². The Labute approximate surface area is 162 Å². The predicted octanol–water partition coefficient (Wildman–Crippen LogP) is 3.00. The Kier molecular flexibility index (Phi) is 4.00. The van der Waals surface area contributed by atoms with Crippen LogP contribution in [0.2, 0.25) is 0 Å². The number of hydrogen-bond donors (Lipinski definition) is 0. The van der Waals surface area contributed by atoms with Gasteiger partial charge in [-0.15, -0.1) is 0 Å². The number of benzene rings is 1. The van der Waals surface area contributed by atoms with Crippen LogP contribution < -0.4 is 0 Å². The summed E-state index contributed by atoms with van der Waals surface area (Å²) in [6.45, 7) is 3.35. The van der Waals surface area contributed by atoms with Crippen molar-refractivity contribution in [2.24, 2.45) is 0 Å². The van der Waals surface area contributed by atoms with Crippen molar-refractivity contribution in [3.8, 4) is 0 Å². The lowest BCUT2D eigenvalue weighted by Gasteiger charge is -2.32. The van der Waals surface area contributed by atoms with Crippen LogP contribution in [0.15, 0.2) is 48.8 Å². The van der Waals surface area contributed by atoms with Gasteiger partial charge in [-0.25, -0.2) is 14.5 Å².